The van der Waals surface area contributed by atoms with Gasteiger partial charge < -0.3 is 19.0 Å². The van der Waals surface area contributed by atoms with Crippen molar-refractivity contribution in [1.82, 2.24) is 15.1 Å². The fraction of sp³-hybridized carbons (Fsp3) is 0.320. The van der Waals surface area contributed by atoms with Crippen LogP contribution < -0.4 is 4.74 Å². The summed E-state index contributed by atoms with van der Waals surface area (Å²) in [6.07, 6.45) is 5.03. The predicted octanol–water partition coefficient (Wildman–Crippen LogP) is 6.21. The maximum atomic E-state index is 11.3. The Morgan fingerprint density at radius 3 is 2.73 bits per heavy atom. The molecule has 0 aliphatic heterocycles. The number of esters is 1. The number of fused-ring (bicyclic) bond motifs is 1. The average Bonchev–Trinajstić information content (AvgIpc) is 3.45. The minimum Gasteiger partial charge on any atom is -0.489 e. The van der Waals surface area contributed by atoms with E-state index in [1.165, 1.54) is 12.7 Å². The van der Waals surface area contributed by atoms with Crippen molar-refractivity contribution in [2.45, 2.75) is 45.6 Å². The number of unbranched alkanes of at least 4 members (excludes halogenated alkanes) is 1. The normalized spacial score (nSPS) is 11.3. The number of rotatable bonds is 9. The number of aromatic nitrogens is 3. The van der Waals surface area contributed by atoms with Crippen molar-refractivity contribution in [2.24, 2.45) is 0 Å². The third kappa shape index (κ3) is 5.37. The number of methoxy groups -OCH3 is 1. The van der Waals surface area contributed by atoms with Gasteiger partial charge in [0.15, 0.2) is 0 Å². The third-order valence-electron chi connectivity index (χ3n) is 5.30. The van der Waals surface area contributed by atoms with Crippen LogP contribution in [-0.4, -0.2) is 34.3 Å². The monoisotopic (exact) mass is 467 g/mol. The maximum absolute atomic E-state index is 11.3. The fourth-order valence-corrected chi connectivity index (χ4v) is 3.88. The molecule has 0 saturated heterocycles. The summed E-state index contributed by atoms with van der Waals surface area (Å²) in [5.41, 5.74) is 3.81. The SMILES string of the molecule is COC(=O)CCCCc1c[nH]c2ccc(-c3noc(-c4ccc(OC(C)C)c(Cl)c4)n3)cc12. The lowest BCUT2D eigenvalue weighted by molar-refractivity contribution is -0.140. The van der Waals surface area contributed by atoms with E-state index in [0.29, 0.717) is 28.9 Å². The van der Waals surface area contributed by atoms with Crippen molar-refractivity contribution >= 4 is 28.5 Å². The molecule has 2 aromatic carbocycles. The Kier molecular flexibility index (Phi) is 6.99. The Morgan fingerprint density at radius 2 is 1.97 bits per heavy atom. The summed E-state index contributed by atoms with van der Waals surface area (Å²) in [6.45, 7) is 3.90. The number of ether oxygens (including phenoxy) is 2. The Hall–Kier alpha value is -3.32. The summed E-state index contributed by atoms with van der Waals surface area (Å²) >= 11 is 6.35. The number of aromatic amines is 1. The van der Waals surface area contributed by atoms with Gasteiger partial charge in [0.25, 0.3) is 5.89 Å². The van der Waals surface area contributed by atoms with E-state index in [2.05, 4.69) is 21.2 Å². The molecule has 7 nitrogen and oxygen atoms in total. The van der Waals surface area contributed by atoms with E-state index in [1.807, 2.05) is 38.2 Å². The molecule has 172 valence electrons. The molecule has 0 aliphatic carbocycles. The van der Waals surface area contributed by atoms with Crippen molar-refractivity contribution in [3.63, 3.8) is 0 Å². The molecular weight excluding hydrogens is 442 g/mol. The third-order valence-corrected chi connectivity index (χ3v) is 5.59. The molecule has 33 heavy (non-hydrogen) atoms. The minimum absolute atomic E-state index is 0.0319. The van der Waals surface area contributed by atoms with Gasteiger partial charge in [-0.1, -0.05) is 16.8 Å². The van der Waals surface area contributed by atoms with E-state index in [0.717, 1.165) is 41.3 Å². The van der Waals surface area contributed by atoms with Crippen LogP contribution in [0.4, 0.5) is 0 Å². The number of nitrogens with one attached hydrogen (secondary N) is 1. The summed E-state index contributed by atoms with van der Waals surface area (Å²) in [7, 11) is 1.41. The first kappa shape index (κ1) is 22.9. The summed E-state index contributed by atoms with van der Waals surface area (Å²) in [5, 5.41) is 5.77. The predicted molar refractivity (Wildman–Crippen MR) is 127 cm³/mol. The van der Waals surface area contributed by atoms with Gasteiger partial charge in [0.2, 0.25) is 5.82 Å². The summed E-state index contributed by atoms with van der Waals surface area (Å²) in [6, 6.07) is 11.4. The molecular formula is C25H26ClN3O4. The molecule has 4 rings (SSSR count). The van der Waals surface area contributed by atoms with Crippen LogP contribution >= 0.6 is 11.6 Å². The van der Waals surface area contributed by atoms with Gasteiger partial charge >= 0.3 is 5.97 Å². The molecule has 0 aliphatic rings. The molecule has 0 unspecified atom stereocenters. The number of carbonyl (C=O) groups is 1. The smallest absolute Gasteiger partial charge is 0.305 e. The molecule has 4 aromatic rings. The van der Waals surface area contributed by atoms with Crippen LogP contribution in [-0.2, 0) is 16.0 Å². The number of hydrogen-bond donors (Lipinski definition) is 1. The van der Waals surface area contributed by atoms with Gasteiger partial charge in [0.1, 0.15) is 5.75 Å². The van der Waals surface area contributed by atoms with Gasteiger partial charge in [0, 0.05) is 34.6 Å². The average molecular weight is 468 g/mol. The lowest BCUT2D eigenvalue weighted by Crippen LogP contribution is -2.05. The van der Waals surface area contributed by atoms with Crippen LogP contribution in [0, 0.1) is 0 Å². The summed E-state index contributed by atoms with van der Waals surface area (Å²) < 4.78 is 15.9. The van der Waals surface area contributed by atoms with Crippen LogP contribution in [0.25, 0.3) is 33.7 Å². The second-order valence-corrected chi connectivity index (χ2v) is 8.50. The number of H-pyrrole nitrogens is 1. The van der Waals surface area contributed by atoms with E-state index in [1.54, 1.807) is 12.1 Å². The Labute approximate surface area is 197 Å². The number of aryl methyl sites for hydroxylation is 1. The number of carbonyl (C=O) groups excluding carboxylic acids is 1. The maximum Gasteiger partial charge on any atom is 0.305 e. The van der Waals surface area contributed by atoms with Crippen LogP contribution in [0.15, 0.2) is 47.1 Å². The fourth-order valence-electron chi connectivity index (χ4n) is 3.65. The number of nitrogens with zero attached hydrogens (tertiary/aromatic N) is 2. The van der Waals surface area contributed by atoms with Gasteiger partial charge in [0.05, 0.1) is 18.2 Å². The first-order chi connectivity index (χ1) is 15.9. The highest BCUT2D eigenvalue weighted by molar-refractivity contribution is 6.32. The Bertz CT molecular complexity index is 1260. The van der Waals surface area contributed by atoms with Crippen molar-refractivity contribution in [1.29, 1.82) is 0 Å². The van der Waals surface area contributed by atoms with Crippen molar-refractivity contribution in [2.75, 3.05) is 7.11 Å². The first-order valence-electron chi connectivity index (χ1n) is 10.9. The molecule has 0 bridgehead atoms. The van der Waals surface area contributed by atoms with E-state index in [-0.39, 0.29) is 12.1 Å². The zero-order valence-corrected chi connectivity index (χ0v) is 19.6. The van der Waals surface area contributed by atoms with Gasteiger partial charge in [-0.2, -0.15) is 4.98 Å². The minimum atomic E-state index is -0.174. The molecule has 2 aromatic heterocycles. The van der Waals surface area contributed by atoms with Gasteiger partial charge in [-0.3, -0.25) is 4.79 Å². The quantitative estimate of drug-likeness (QED) is 0.232. The van der Waals surface area contributed by atoms with Crippen molar-refractivity contribution < 1.29 is 18.8 Å². The Balaban J connectivity index is 1.52. The summed E-state index contributed by atoms with van der Waals surface area (Å²) in [5.74, 6) is 1.34. The molecule has 0 fully saturated rings. The van der Waals surface area contributed by atoms with Crippen LogP contribution in [0.2, 0.25) is 5.02 Å². The molecule has 0 amide bonds. The van der Waals surface area contributed by atoms with Gasteiger partial charge in [-0.05, 0) is 75.1 Å². The van der Waals surface area contributed by atoms with Crippen LogP contribution in [0.5, 0.6) is 5.75 Å². The van der Waals surface area contributed by atoms with Crippen LogP contribution in [0.3, 0.4) is 0 Å². The number of hydrogen-bond acceptors (Lipinski definition) is 6. The second kappa shape index (κ2) is 10.1. The number of halogens is 1. The molecule has 0 radical (unpaired) electrons. The lowest BCUT2D eigenvalue weighted by atomic mass is 10.0. The standard InChI is InChI=1S/C25H26ClN3O4/c1-15(2)32-22-11-9-17(13-20(22)26)25-28-24(29-33-25)16-8-10-21-19(12-16)18(14-27-21)6-4-5-7-23(30)31-3/h8-15,27H,4-7H2,1-3H3. The summed E-state index contributed by atoms with van der Waals surface area (Å²) in [4.78, 5) is 19.2. The van der Waals surface area contributed by atoms with E-state index in [4.69, 9.17) is 25.6 Å². The van der Waals surface area contributed by atoms with E-state index >= 15 is 0 Å². The van der Waals surface area contributed by atoms with E-state index in [9.17, 15) is 4.79 Å². The first-order valence-corrected chi connectivity index (χ1v) is 11.3. The van der Waals surface area contributed by atoms with Crippen molar-refractivity contribution in [3.8, 4) is 28.6 Å². The topological polar surface area (TPSA) is 90.2 Å². The largest absolute Gasteiger partial charge is 0.489 e. The molecule has 0 saturated carbocycles. The highest BCUT2D eigenvalue weighted by atomic mass is 35.5. The van der Waals surface area contributed by atoms with Crippen LogP contribution in [0.1, 0.15) is 38.7 Å². The highest BCUT2D eigenvalue weighted by Crippen LogP contribution is 2.32. The lowest BCUT2D eigenvalue weighted by Gasteiger charge is -2.11. The zero-order valence-electron chi connectivity index (χ0n) is 18.9. The molecule has 1 N–H and O–H groups in total. The number of benzene rings is 2. The second-order valence-electron chi connectivity index (χ2n) is 8.09. The molecule has 0 spiro atoms. The van der Waals surface area contributed by atoms with Crippen molar-refractivity contribution in [3.05, 3.63) is 53.2 Å². The van der Waals surface area contributed by atoms with E-state index < -0.39 is 0 Å². The highest BCUT2D eigenvalue weighted by Gasteiger charge is 2.15. The van der Waals surface area contributed by atoms with Gasteiger partial charge in [-0.25, -0.2) is 0 Å². The van der Waals surface area contributed by atoms with Gasteiger partial charge in [-0.15, -0.1) is 0 Å². The zero-order chi connectivity index (χ0) is 23.4. The molecule has 2 heterocycles. The Morgan fingerprint density at radius 1 is 1.15 bits per heavy atom. The molecule has 0 atom stereocenters. The molecule has 8 heteroatoms.